The first-order chi connectivity index (χ1) is 15.8. The lowest BCUT2D eigenvalue weighted by molar-refractivity contribution is -0.123. The van der Waals surface area contributed by atoms with E-state index in [1.54, 1.807) is 26.0 Å². The lowest BCUT2D eigenvalue weighted by atomic mass is 10.0. The topological polar surface area (TPSA) is 85.7 Å². The summed E-state index contributed by atoms with van der Waals surface area (Å²) in [7, 11) is 0. The Kier molecular flexibility index (Phi) is 6.09. The molecule has 0 unspecified atom stereocenters. The van der Waals surface area contributed by atoms with Gasteiger partial charge < -0.3 is 19.7 Å². The van der Waals surface area contributed by atoms with Crippen molar-refractivity contribution < 1.29 is 14.3 Å². The van der Waals surface area contributed by atoms with Crippen LogP contribution in [0.5, 0.6) is 11.5 Å². The quantitative estimate of drug-likeness (QED) is 0.591. The Hall–Kier alpha value is -3.81. The highest BCUT2D eigenvalue weighted by molar-refractivity contribution is 5.96. The minimum Gasteiger partial charge on any atom is -0.454 e. The van der Waals surface area contributed by atoms with E-state index in [1.165, 1.54) is 10.7 Å². The van der Waals surface area contributed by atoms with Gasteiger partial charge in [-0.15, -0.1) is 0 Å². The van der Waals surface area contributed by atoms with Gasteiger partial charge in [-0.05, 0) is 76.2 Å². The molecule has 0 saturated heterocycles. The Labute approximate surface area is 192 Å². The van der Waals surface area contributed by atoms with Crippen LogP contribution in [0.2, 0.25) is 0 Å². The third kappa shape index (κ3) is 4.41. The molecule has 2 aromatic carbocycles. The van der Waals surface area contributed by atoms with Gasteiger partial charge in [0.2, 0.25) is 6.79 Å². The second kappa shape index (κ2) is 8.97. The molecule has 33 heavy (non-hydrogen) atoms. The molecule has 8 nitrogen and oxygen atoms in total. The first kappa shape index (κ1) is 22.4. The second-order valence-electron chi connectivity index (χ2n) is 8.27. The van der Waals surface area contributed by atoms with Gasteiger partial charge in [0.1, 0.15) is 5.54 Å². The van der Waals surface area contributed by atoms with Crippen LogP contribution in [-0.4, -0.2) is 35.6 Å². The van der Waals surface area contributed by atoms with Crippen molar-refractivity contribution in [2.45, 2.75) is 33.2 Å². The molecule has 1 aromatic heterocycles. The fourth-order valence-electron chi connectivity index (χ4n) is 3.75. The molecule has 4 rings (SSSR count). The molecule has 0 aliphatic carbocycles. The molecular weight excluding hydrogens is 420 g/mol. The highest BCUT2D eigenvalue weighted by atomic mass is 16.7. The Morgan fingerprint density at radius 3 is 2.42 bits per heavy atom. The summed E-state index contributed by atoms with van der Waals surface area (Å²) < 4.78 is 12.0. The third-order valence-electron chi connectivity index (χ3n) is 5.81. The number of hydrogen-bond acceptors (Lipinski definition) is 6. The largest absolute Gasteiger partial charge is 0.454 e. The van der Waals surface area contributed by atoms with Gasteiger partial charge in [0.15, 0.2) is 11.5 Å². The monoisotopic (exact) mass is 448 g/mol. The number of carbonyl (C=O) groups excluding carboxylic acids is 1. The standard InChI is InChI=1S/C25H28N4O4/c1-5-28(6-2)19-10-8-18(9-11-19)26-24(31)25(3,4)29-23(30)14-12-20(27-29)17-7-13-21-22(15-17)33-16-32-21/h7-15H,5-6,16H2,1-4H3,(H,26,31). The Bertz CT molecular complexity index is 1210. The minimum atomic E-state index is -1.22. The predicted octanol–water partition coefficient (Wildman–Crippen LogP) is 3.86. The van der Waals surface area contributed by atoms with E-state index < -0.39 is 5.54 Å². The molecule has 0 bridgehead atoms. The number of ether oxygens (including phenoxy) is 2. The van der Waals surface area contributed by atoms with Crippen LogP contribution in [-0.2, 0) is 10.3 Å². The number of nitrogens with one attached hydrogen (secondary N) is 1. The van der Waals surface area contributed by atoms with Crippen LogP contribution >= 0.6 is 0 Å². The fraction of sp³-hybridized carbons (Fsp3) is 0.320. The summed E-state index contributed by atoms with van der Waals surface area (Å²) >= 11 is 0. The summed E-state index contributed by atoms with van der Waals surface area (Å²) in [6, 6.07) is 16.2. The smallest absolute Gasteiger partial charge is 0.267 e. The van der Waals surface area contributed by atoms with Gasteiger partial charge >= 0.3 is 0 Å². The molecule has 0 atom stereocenters. The van der Waals surface area contributed by atoms with Gasteiger partial charge in [0.25, 0.3) is 11.5 Å². The highest BCUT2D eigenvalue weighted by Gasteiger charge is 2.32. The number of hydrogen-bond donors (Lipinski definition) is 1. The molecule has 1 aliphatic rings. The van der Waals surface area contributed by atoms with Gasteiger partial charge in [0, 0.05) is 36.1 Å². The van der Waals surface area contributed by atoms with Gasteiger partial charge in [-0.1, -0.05) is 0 Å². The molecule has 2 heterocycles. The zero-order chi connectivity index (χ0) is 23.6. The van der Waals surface area contributed by atoms with Crippen molar-refractivity contribution >= 4 is 17.3 Å². The van der Waals surface area contributed by atoms with Gasteiger partial charge in [-0.2, -0.15) is 5.10 Å². The van der Waals surface area contributed by atoms with E-state index in [0.717, 1.165) is 24.3 Å². The Morgan fingerprint density at radius 2 is 1.73 bits per heavy atom. The van der Waals surface area contributed by atoms with Crippen LogP contribution in [0.3, 0.4) is 0 Å². The fourth-order valence-corrected chi connectivity index (χ4v) is 3.75. The Morgan fingerprint density at radius 1 is 1.03 bits per heavy atom. The van der Waals surface area contributed by atoms with Gasteiger partial charge in [-0.3, -0.25) is 9.59 Å². The molecular formula is C25H28N4O4. The number of carbonyl (C=O) groups is 1. The molecule has 1 aliphatic heterocycles. The number of fused-ring (bicyclic) bond motifs is 1. The molecule has 1 amide bonds. The molecule has 0 radical (unpaired) electrons. The van der Waals surface area contributed by atoms with E-state index in [-0.39, 0.29) is 18.3 Å². The first-order valence-corrected chi connectivity index (χ1v) is 11.0. The summed E-state index contributed by atoms with van der Waals surface area (Å²) in [5, 5.41) is 7.41. The lowest BCUT2D eigenvalue weighted by Gasteiger charge is -2.26. The first-order valence-electron chi connectivity index (χ1n) is 11.0. The summed E-state index contributed by atoms with van der Waals surface area (Å²) in [6.45, 7) is 9.53. The average Bonchev–Trinajstić information content (AvgIpc) is 3.29. The minimum absolute atomic E-state index is 0.175. The van der Waals surface area contributed by atoms with Gasteiger partial charge in [-0.25, -0.2) is 4.68 Å². The highest BCUT2D eigenvalue weighted by Crippen LogP contribution is 2.35. The maximum absolute atomic E-state index is 13.2. The van der Waals surface area contributed by atoms with Gasteiger partial charge in [0.05, 0.1) is 5.69 Å². The maximum Gasteiger partial charge on any atom is 0.267 e. The summed E-state index contributed by atoms with van der Waals surface area (Å²) in [5.74, 6) is 0.950. The average molecular weight is 449 g/mol. The van der Waals surface area contributed by atoms with Crippen LogP contribution in [0.4, 0.5) is 11.4 Å². The van der Waals surface area contributed by atoms with Crippen molar-refractivity contribution in [3.63, 3.8) is 0 Å². The van der Waals surface area contributed by atoms with Crippen LogP contribution in [0, 0.1) is 0 Å². The number of anilines is 2. The molecule has 1 N–H and O–H groups in total. The summed E-state index contributed by atoms with van der Waals surface area (Å²) in [5.41, 5.74) is 1.47. The molecule has 3 aromatic rings. The van der Waals surface area contributed by atoms with E-state index in [9.17, 15) is 9.59 Å². The van der Waals surface area contributed by atoms with Crippen LogP contribution < -0.4 is 25.2 Å². The Balaban J connectivity index is 1.58. The van der Waals surface area contributed by atoms with E-state index in [0.29, 0.717) is 22.9 Å². The molecule has 0 fully saturated rings. The number of amides is 1. The number of rotatable bonds is 7. The van der Waals surface area contributed by atoms with Crippen LogP contribution in [0.1, 0.15) is 27.7 Å². The summed E-state index contributed by atoms with van der Waals surface area (Å²) in [6.07, 6.45) is 0. The van der Waals surface area contributed by atoms with E-state index in [4.69, 9.17) is 9.47 Å². The predicted molar refractivity (Wildman–Crippen MR) is 128 cm³/mol. The van der Waals surface area contributed by atoms with Crippen molar-refractivity contribution in [3.8, 4) is 22.8 Å². The number of aromatic nitrogens is 2. The number of nitrogens with zero attached hydrogens (tertiary/aromatic N) is 3. The second-order valence-corrected chi connectivity index (χ2v) is 8.27. The number of benzene rings is 2. The van der Waals surface area contributed by atoms with Crippen molar-refractivity contribution in [3.05, 3.63) is 65.0 Å². The SMILES string of the molecule is CCN(CC)c1ccc(NC(=O)C(C)(C)n2nc(-c3ccc4c(c3)OCO4)ccc2=O)cc1. The van der Waals surface area contributed by atoms with E-state index in [2.05, 4.69) is 29.2 Å². The van der Waals surface area contributed by atoms with Crippen molar-refractivity contribution in [2.24, 2.45) is 0 Å². The molecule has 0 saturated carbocycles. The lowest BCUT2D eigenvalue weighted by Crippen LogP contribution is -2.47. The summed E-state index contributed by atoms with van der Waals surface area (Å²) in [4.78, 5) is 28.0. The van der Waals surface area contributed by atoms with Crippen LogP contribution in [0.15, 0.2) is 59.4 Å². The van der Waals surface area contributed by atoms with Crippen molar-refractivity contribution in [1.29, 1.82) is 0 Å². The van der Waals surface area contributed by atoms with E-state index in [1.807, 2.05) is 36.4 Å². The molecule has 0 spiro atoms. The van der Waals surface area contributed by atoms with Crippen molar-refractivity contribution in [1.82, 2.24) is 9.78 Å². The van der Waals surface area contributed by atoms with E-state index >= 15 is 0 Å². The molecule has 8 heteroatoms. The molecule has 172 valence electrons. The normalized spacial score (nSPS) is 12.5. The zero-order valence-corrected chi connectivity index (χ0v) is 19.3. The maximum atomic E-state index is 13.2. The third-order valence-corrected chi connectivity index (χ3v) is 5.81. The van der Waals surface area contributed by atoms with Crippen LogP contribution in [0.25, 0.3) is 11.3 Å². The van der Waals surface area contributed by atoms with Crippen molar-refractivity contribution in [2.75, 3.05) is 30.1 Å². The zero-order valence-electron chi connectivity index (χ0n) is 19.3.